The normalized spacial score (nSPS) is 19.5. The first kappa shape index (κ1) is 10.2. The van der Waals surface area contributed by atoms with Crippen molar-refractivity contribution in [3.05, 3.63) is 23.8 Å². The molecule has 13 heavy (non-hydrogen) atoms. The molecule has 1 heteroatoms. The van der Waals surface area contributed by atoms with E-state index < -0.39 is 0 Å². The maximum atomic E-state index is 11.4. The Morgan fingerprint density at radius 3 is 2.85 bits per heavy atom. The Labute approximate surface area is 80.5 Å². The Morgan fingerprint density at radius 1 is 1.62 bits per heavy atom. The number of ketones is 1. The molecule has 1 unspecified atom stereocenters. The predicted molar refractivity (Wildman–Crippen MR) is 55.5 cm³/mol. The molecule has 1 nitrogen and oxygen atoms in total. The smallest absolute Gasteiger partial charge is 0.159 e. The number of hydrogen-bond donors (Lipinski definition) is 0. The average molecular weight is 178 g/mol. The second-order valence-electron chi connectivity index (χ2n) is 3.53. The first-order valence-electron chi connectivity index (χ1n) is 5.14. The third-order valence-electron chi connectivity index (χ3n) is 2.65. The van der Waals surface area contributed by atoms with Crippen LogP contribution in [0.5, 0.6) is 0 Å². The standard InChI is InChI=1S/C12H18O/c1-3-5-7-10(4-2)11-8-6-9-12(11)13/h3,5,8,10H,4,6-7,9H2,1-2H3. The monoisotopic (exact) mass is 178 g/mol. The molecule has 1 atom stereocenters. The van der Waals surface area contributed by atoms with Crippen molar-refractivity contribution in [3.8, 4) is 0 Å². The molecule has 72 valence electrons. The Balaban J connectivity index is 2.60. The summed E-state index contributed by atoms with van der Waals surface area (Å²) in [5, 5.41) is 0. The van der Waals surface area contributed by atoms with Gasteiger partial charge in [0.2, 0.25) is 0 Å². The molecule has 0 amide bonds. The fourth-order valence-corrected chi connectivity index (χ4v) is 1.83. The summed E-state index contributed by atoms with van der Waals surface area (Å²) in [6.45, 7) is 4.18. The number of carbonyl (C=O) groups excluding carboxylic acids is 1. The van der Waals surface area contributed by atoms with Gasteiger partial charge in [0.15, 0.2) is 5.78 Å². The maximum absolute atomic E-state index is 11.4. The topological polar surface area (TPSA) is 17.1 Å². The largest absolute Gasteiger partial charge is 0.295 e. The highest BCUT2D eigenvalue weighted by Crippen LogP contribution is 2.27. The second kappa shape index (κ2) is 5.00. The van der Waals surface area contributed by atoms with E-state index in [0.717, 1.165) is 31.3 Å². The zero-order valence-corrected chi connectivity index (χ0v) is 8.55. The van der Waals surface area contributed by atoms with Gasteiger partial charge in [-0.2, -0.15) is 0 Å². The van der Waals surface area contributed by atoms with Crippen LogP contribution >= 0.6 is 0 Å². The minimum atomic E-state index is 0.372. The first-order chi connectivity index (χ1) is 6.29. The molecule has 0 spiro atoms. The van der Waals surface area contributed by atoms with Gasteiger partial charge < -0.3 is 0 Å². The van der Waals surface area contributed by atoms with Crippen LogP contribution in [0.3, 0.4) is 0 Å². The molecule has 0 heterocycles. The molecule has 0 aromatic carbocycles. The van der Waals surface area contributed by atoms with Gasteiger partial charge in [-0.15, -0.1) is 0 Å². The summed E-state index contributed by atoms with van der Waals surface area (Å²) in [6, 6.07) is 0. The molecule has 0 bridgehead atoms. The predicted octanol–water partition coefficient (Wildman–Crippen LogP) is 3.27. The summed E-state index contributed by atoms with van der Waals surface area (Å²) < 4.78 is 0. The lowest BCUT2D eigenvalue weighted by Gasteiger charge is -2.12. The molecule has 1 rings (SSSR count). The number of hydrogen-bond acceptors (Lipinski definition) is 1. The van der Waals surface area contributed by atoms with Gasteiger partial charge in [-0.1, -0.05) is 25.2 Å². The summed E-state index contributed by atoms with van der Waals surface area (Å²) >= 11 is 0. The second-order valence-corrected chi connectivity index (χ2v) is 3.53. The van der Waals surface area contributed by atoms with Crippen LogP contribution in [-0.2, 0) is 4.79 Å². The molecule has 0 saturated carbocycles. The molecule has 0 aromatic rings. The lowest BCUT2D eigenvalue weighted by atomic mass is 9.92. The summed E-state index contributed by atoms with van der Waals surface area (Å²) in [5.74, 6) is 0.836. The van der Waals surface area contributed by atoms with E-state index in [1.165, 1.54) is 0 Å². The molecule has 0 aromatic heterocycles. The van der Waals surface area contributed by atoms with Crippen LogP contribution in [-0.4, -0.2) is 5.78 Å². The lowest BCUT2D eigenvalue weighted by Crippen LogP contribution is -2.08. The van der Waals surface area contributed by atoms with Crippen LogP contribution in [0.4, 0.5) is 0 Å². The molecular formula is C12H18O. The van der Waals surface area contributed by atoms with Crippen molar-refractivity contribution in [2.45, 2.75) is 39.5 Å². The van der Waals surface area contributed by atoms with Crippen molar-refractivity contribution in [1.29, 1.82) is 0 Å². The number of carbonyl (C=O) groups is 1. The van der Waals surface area contributed by atoms with E-state index in [2.05, 4.69) is 25.2 Å². The SMILES string of the molecule is CC=CCC(CC)C1=CCCC1=O. The Morgan fingerprint density at radius 2 is 2.38 bits per heavy atom. The summed E-state index contributed by atoms with van der Waals surface area (Å²) in [5.41, 5.74) is 1.08. The van der Waals surface area contributed by atoms with Crippen molar-refractivity contribution in [3.63, 3.8) is 0 Å². The zero-order valence-electron chi connectivity index (χ0n) is 8.55. The van der Waals surface area contributed by atoms with E-state index >= 15 is 0 Å². The summed E-state index contributed by atoms with van der Waals surface area (Å²) in [4.78, 5) is 11.4. The van der Waals surface area contributed by atoms with Crippen molar-refractivity contribution in [2.75, 3.05) is 0 Å². The van der Waals surface area contributed by atoms with Crippen LogP contribution < -0.4 is 0 Å². The van der Waals surface area contributed by atoms with E-state index in [4.69, 9.17) is 0 Å². The van der Waals surface area contributed by atoms with Gasteiger partial charge in [-0.25, -0.2) is 0 Å². The van der Waals surface area contributed by atoms with Gasteiger partial charge in [0.1, 0.15) is 0 Å². The highest BCUT2D eigenvalue weighted by molar-refractivity contribution is 5.97. The molecule has 0 saturated heterocycles. The van der Waals surface area contributed by atoms with E-state index in [-0.39, 0.29) is 0 Å². The van der Waals surface area contributed by atoms with E-state index in [1.807, 2.05) is 6.92 Å². The van der Waals surface area contributed by atoms with Crippen LogP contribution in [0, 0.1) is 5.92 Å². The average Bonchev–Trinajstić information content (AvgIpc) is 2.54. The fourth-order valence-electron chi connectivity index (χ4n) is 1.83. The molecule has 0 radical (unpaired) electrons. The Kier molecular flexibility index (Phi) is 3.94. The lowest BCUT2D eigenvalue weighted by molar-refractivity contribution is -0.115. The van der Waals surface area contributed by atoms with E-state index in [9.17, 15) is 4.79 Å². The van der Waals surface area contributed by atoms with Crippen LogP contribution in [0.1, 0.15) is 39.5 Å². The molecule has 1 aliphatic rings. The van der Waals surface area contributed by atoms with Crippen molar-refractivity contribution >= 4 is 5.78 Å². The number of Topliss-reactive ketones (excluding diaryl/α,β-unsaturated/α-hetero) is 1. The maximum Gasteiger partial charge on any atom is 0.159 e. The molecule has 0 N–H and O–H groups in total. The van der Waals surface area contributed by atoms with Crippen LogP contribution in [0.25, 0.3) is 0 Å². The number of rotatable bonds is 4. The molecule has 1 aliphatic carbocycles. The van der Waals surface area contributed by atoms with Crippen LogP contribution in [0.2, 0.25) is 0 Å². The number of allylic oxidation sites excluding steroid dienone is 4. The highest BCUT2D eigenvalue weighted by atomic mass is 16.1. The first-order valence-corrected chi connectivity index (χ1v) is 5.14. The summed E-state index contributed by atoms with van der Waals surface area (Å²) in [6.07, 6.45) is 10.1. The molecule has 0 fully saturated rings. The van der Waals surface area contributed by atoms with Gasteiger partial charge in [0.05, 0.1) is 0 Å². The van der Waals surface area contributed by atoms with Gasteiger partial charge >= 0.3 is 0 Å². The minimum absolute atomic E-state index is 0.372. The van der Waals surface area contributed by atoms with Gasteiger partial charge in [0.25, 0.3) is 0 Å². The molecular weight excluding hydrogens is 160 g/mol. The van der Waals surface area contributed by atoms with Gasteiger partial charge in [-0.05, 0) is 37.7 Å². The van der Waals surface area contributed by atoms with E-state index in [1.54, 1.807) is 0 Å². The highest BCUT2D eigenvalue weighted by Gasteiger charge is 2.21. The van der Waals surface area contributed by atoms with Crippen molar-refractivity contribution in [1.82, 2.24) is 0 Å². The Bertz CT molecular complexity index is 236. The van der Waals surface area contributed by atoms with Gasteiger partial charge in [-0.3, -0.25) is 4.79 Å². The van der Waals surface area contributed by atoms with Crippen LogP contribution in [0.15, 0.2) is 23.8 Å². The Hall–Kier alpha value is -0.850. The third kappa shape index (κ3) is 2.55. The third-order valence-corrected chi connectivity index (χ3v) is 2.65. The fraction of sp³-hybridized carbons (Fsp3) is 0.583. The minimum Gasteiger partial charge on any atom is -0.295 e. The van der Waals surface area contributed by atoms with E-state index in [0.29, 0.717) is 11.7 Å². The van der Waals surface area contributed by atoms with Gasteiger partial charge in [0, 0.05) is 6.42 Å². The quantitative estimate of drug-likeness (QED) is 0.604. The summed E-state index contributed by atoms with van der Waals surface area (Å²) in [7, 11) is 0. The zero-order chi connectivity index (χ0) is 9.68. The van der Waals surface area contributed by atoms with Crippen molar-refractivity contribution in [2.24, 2.45) is 5.92 Å². The molecule has 0 aliphatic heterocycles. The van der Waals surface area contributed by atoms with Crippen molar-refractivity contribution < 1.29 is 4.79 Å².